The van der Waals surface area contributed by atoms with Crippen LogP contribution in [0.25, 0.3) is 0 Å². The molecule has 0 amide bonds. The van der Waals surface area contributed by atoms with Gasteiger partial charge in [0.2, 0.25) is 0 Å². The van der Waals surface area contributed by atoms with Crippen LogP contribution in [0.3, 0.4) is 0 Å². The lowest BCUT2D eigenvalue weighted by Crippen LogP contribution is -2.33. The van der Waals surface area contributed by atoms with E-state index >= 15 is 0 Å². The Morgan fingerprint density at radius 3 is 2.67 bits per heavy atom. The highest BCUT2D eigenvalue weighted by Gasteiger charge is 2.26. The van der Waals surface area contributed by atoms with Crippen molar-refractivity contribution in [2.24, 2.45) is 5.92 Å². The first-order valence-electron chi connectivity index (χ1n) is 7.25. The molecule has 1 N–H and O–H groups in total. The first-order valence-corrected chi connectivity index (χ1v) is 7.25. The molecule has 0 saturated heterocycles. The summed E-state index contributed by atoms with van der Waals surface area (Å²) >= 11 is 0. The van der Waals surface area contributed by atoms with Gasteiger partial charge in [0, 0.05) is 12.6 Å². The minimum atomic E-state index is -0.661. The third-order valence-corrected chi connectivity index (χ3v) is 4.40. The molecule has 3 heteroatoms. The van der Waals surface area contributed by atoms with E-state index in [0.29, 0.717) is 12.5 Å². The molecule has 1 aromatic rings. The topological polar surface area (TPSA) is 38.0 Å². The molecule has 0 aromatic carbocycles. The van der Waals surface area contributed by atoms with E-state index in [0.717, 1.165) is 5.69 Å². The number of aromatic nitrogens is 2. The lowest BCUT2D eigenvalue weighted by atomic mass is 9.88. The first kappa shape index (κ1) is 13.6. The maximum absolute atomic E-state index is 10.3. The molecular weight excluding hydrogens is 224 g/mol. The van der Waals surface area contributed by atoms with Crippen LogP contribution >= 0.6 is 0 Å². The Balaban J connectivity index is 2.01. The Labute approximate surface area is 110 Å². The fourth-order valence-electron chi connectivity index (χ4n) is 2.59. The summed E-state index contributed by atoms with van der Waals surface area (Å²) in [5.41, 5.74) is 0.352. The second kappa shape index (κ2) is 5.43. The molecule has 0 aliphatic heterocycles. The lowest BCUT2D eigenvalue weighted by molar-refractivity contribution is 0.0129. The molecule has 18 heavy (non-hydrogen) atoms. The normalized spacial score (nSPS) is 21.2. The standard InChI is InChI=1S/C15H26N2O/c1-12(2)15(3,18)11-13-9-10-17(16-13)14-7-5-4-6-8-14/h9-10,12,14,18H,4-8,11H2,1-3H3. The van der Waals surface area contributed by atoms with Crippen molar-refractivity contribution < 1.29 is 5.11 Å². The number of aliphatic hydroxyl groups is 1. The van der Waals surface area contributed by atoms with Crippen molar-refractivity contribution in [2.75, 3.05) is 0 Å². The SMILES string of the molecule is CC(C)C(C)(O)Cc1ccn(C2CCCCC2)n1. The molecule has 2 rings (SSSR count). The second-order valence-electron chi connectivity index (χ2n) is 6.27. The fourth-order valence-corrected chi connectivity index (χ4v) is 2.59. The lowest BCUT2D eigenvalue weighted by Gasteiger charge is -2.27. The molecule has 102 valence electrons. The van der Waals surface area contributed by atoms with Crippen LogP contribution in [0.15, 0.2) is 12.3 Å². The summed E-state index contributed by atoms with van der Waals surface area (Å²) in [6, 6.07) is 2.64. The number of hydrogen-bond donors (Lipinski definition) is 1. The average molecular weight is 250 g/mol. The van der Waals surface area contributed by atoms with Gasteiger partial charge in [-0.1, -0.05) is 33.1 Å². The van der Waals surface area contributed by atoms with Crippen molar-refractivity contribution in [3.05, 3.63) is 18.0 Å². The molecule has 0 radical (unpaired) electrons. The fraction of sp³-hybridized carbons (Fsp3) is 0.800. The zero-order chi connectivity index (χ0) is 13.2. The van der Waals surface area contributed by atoms with Crippen LogP contribution in [0.5, 0.6) is 0 Å². The smallest absolute Gasteiger partial charge is 0.0698 e. The van der Waals surface area contributed by atoms with Crippen molar-refractivity contribution in [3.63, 3.8) is 0 Å². The van der Waals surface area contributed by atoms with E-state index in [4.69, 9.17) is 0 Å². The summed E-state index contributed by atoms with van der Waals surface area (Å²) in [7, 11) is 0. The molecule has 1 aliphatic rings. The Bertz CT molecular complexity index is 376. The highest BCUT2D eigenvalue weighted by Crippen LogP contribution is 2.28. The number of nitrogens with zero attached hydrogens (tertiary/aromatic N) is 2. The van der Waals surface area contributed by atoms with E-state index in [-0.39, 0.29) is 5.92 Å². The van der Waals surface area contributed by atoms with E-state index < -0.39 is 5.60 Å². The van der Waals surface area contributed by atoms with Gasteiger partial charge in [-0.2, -0.15) is 5.10 Å². The Morgan fingerprint density at radius 2 is 2.06 bits per heavy atom. The van der Waals surface area contributed by atoms with Crippen LogP contribution in [0.2, 0.25) is 0 Å². The molecular formula is C15H26N2O. The Morgan fingerprint density at radius 1 is 1.39 bits per heavy atom. The van der Waals surface area contributed by atoms with Crippen molar-refractivity contribution in [3.8, 4) is 0 Å². The maximum Gasteiger partial charge on any atom is 0.0698 e. The van der Waals surface area contributed by atoms with Crippen molar-refractivity contribution >= 4 is 0 Å². The largest absolute Gasteiger partial charge is 0.390 e. The molecule has 1 heterocycles. The van der Waals surface area contributed by atoms with Crippen LogP contribution < -0.4 is 0 Å². The molecule has 1 aromatic heterocycles. The van der Waals surface area contributed by atoms with E-state index in [1.54, 1.807) is 0 Å². The summed E-state index contributed by atoms with van der Waals surface area (Å²) in [5, 5.41) is 15.0. The van der Waals surface area contributed by atoms with Crippen molar-refractivity contribution in [1.82, 2.24) is 9.78 Å². The molecule has 1 aliphatic carbocycles. The maximum atomic E-state index is 10.3. The highest BCUT2D eigenvalue weighted by molar-refractivity contribution is 5.04. The molecule has 1 saturated carbocycles. The van der Waals surface area contributed by atoms with Gasteiger partial charge < -0.3 is 5.11 Å². The molecule has 0 spiro atoms. The van der Waals surface area contributed by atoms with Gasteiger partial charge in [-0.15, -0.1) is 0 Å². The zero-order valence-electron chi connectivity index (χ0n) is 11.9. The van der Waals surface area contributed by atoms with Gasteiger partial charge >= 0.3 is 0 Å². The predicted molar refractivity (Wildman–Crippen MR) is 73.5 cm³/mol. The van der Waals surface area contributed by atoms with E-state index in [1.165, 1.54) is 32.1 Å². The van der Waals surface area contributed by atoms with Crippen LogP contribution in [0, 0.1) is 5.92 Å². The minimum Gasteiger partial charge on any atom is -0.390 e. The van der Waals surface area contributed by atoms with E-state index in [2.05, 4.69) is 35.9 Å². The number of rotatable bonds is 4. The first-order chi connectivity index (χ1) is 8.49. The average Bonchev–Trinajstić information content (AvgIpc) is 2.78. The Kier molecular flexibility index (Phi) is 4.10. The molecule has 1 atom stereocenters. The monoisotopic (exact) mass is 250 g/mol. The summed E-state index contributed by atoms with van der Waals surface area (Å²) in [6.07, 6.45) is 9.25. The summed E-state index contributed by atoms with van der Waals surface area (Å²) in [6.45, 7) is 6.01. The quantitative estimate of drug-likeness (QED) is 0.890. The van der Waals surface area contributed by atoms with Gasteiger partial charge in [0.25, 0.3) is 0 Å². The summed E-state index contributed by atoms with van der Waals surface area (Å²) in [4.78, 5) is 0. The van der Waals surface area contributed by atoms with Crippen molar-refractivity contribution in [2.45, 2.75) is 70.9 Å². The van der Waals surface area contributed by atoms with Gasteiger partial charge in [-0.3, -0.25) is 4.68 Å². The molecule has 1 unspecified atom stereocenters. The van der Waals surface area contributed by atoms with Gasteiger partial charge in [0.15, 0.2) is 0 Å². The van der Waals surface area contributed by atoms with E-state index in [1.807, 2.05) is 6.92 Å². The highest BCUT2D eigenvalue weighted by atomic mass is 16.3. The van der Waals surface area contributed by atoms with Gasteiger partial charge in [0.1, 0.15) is 0 Å². The third kappa shape index (κ3) is 3.14. The molecule has 0 bridgehead atoms. The third-order valence-electron chi connectivity index (χ3n) is 4.40. The van der Waals surface area contributed by atoms with Crippen LogP contribution in [0.1, 0.15) is 64.6 Å². The zero-order valence-corrected chi connectivity index (χ0v) is 11.9. The summed E-state index contributed by atoms with van der Waals surface area (Å²) < 4.78 is 2.12. The minimum absolute atomic E-state index is 0.248. The van der Waals surface area contributed by atoms with Gasteiger partial charge in [-0.05, 0) is 31.7 Å². The molecule has 1 fully saturated rings. The Hall–Kier alpha value is -0.830. The van der Waals surface area contributed by atoms with Crippen LogP contribution in [-0.4, -0.2) is 20.5 Å². The van der Waals surface area contributed by atoms with Crippen molar-refractivity contribution in [1.29, 1.82) is 0 Å². The molecule has 3 nitrogen and oxygen atoms in total. The van der Waals surface area contributed by atoms with Gasteiger partial charge in [-0.25, -0.2) is 0 Å². The van der Waals surface area contributed by atoms with Gasteiger partial charge in [0.05, 0.1) is 17.3 Å². The summed E-state index contributed by atoms with van der Waals surface area (Å²) in [5.74, 6) is 0.248. The van der Waals surface area contributed by atoms with Crippen LogP contribution in [-0.2, 0) is 6.42 Å². The second-order valence-corrected chi connectivity index (χ2v) is 6.27. The van der Waals surface area contributed by atoms with E-state index in [9.17, 15) is 5.11 Å². The predicted octanol–water partition coefficient (Wildman–Crippen LogP) is 3.34. The number of hydrogen-bond acceptors (Lipinski definition) is 2. The van der Waals surface area contributed by atoms with Crippen LogP contribution in [0.4, 0.5) is 0 Å².